The Morgan fingerprint density at radius 1 is 0.704 bits per heavy atom. The number of fused-ring (bicyclic) bond motifs is 3. The zero-order valence-corrected chi connectivity index (χ0v) is 31.4. The van der Waals surface area contributed by atoms with Crippen molar-refractivity contribution in [2.45, 2.75) is 51.5 Å². The molecule has 0 fully saturated rings. The molecule has 3 aromatic rings. The molecule has 3 aromatic carbocycles. The molecule has 2 amide bonds. The molecule has 1 atom stereocenters. The van der Waals surface area contributed by atoms with Crippen LogP contribution in [0.15, 0.2) is 60.7 Å². The fourth-order valence-corrected chi connectivity index (χ4v) is 4.60. The molecule has 20 nitrogen and oxygen atoms in total. The van der Waals surface area contributed by atoms with E-state index in [1.807, 2.05) is 18.2 Å². The van der Waals surface area contributed by atoms with Crippen LogP contribution in [0.25, 0.3) is 0 Å². The summed E-state index contributed by atoms with van der Waals surface area (Å²) in [6, 6.07) is 17.2. The van der Waals surface area contributed by atoms with Gasteiger partial charge in [0.05, 0.1) is 9.85 Å². The van der Waals surface area contributed by atoms with Gasteiger partial charge in [-0.2, -0.15) is 8.42 Å². The maximum Gasteiger partial charge on any atom is 0.394 e. The van der Waals surface area contributed by atoms with Gasteiger partial charge in [-0.1, -0.05) is 37.2 Å². The number of nitro groups is 2. The topological polar surface area (TPSA) is 312 Å². The number of hydrogen-bond acceptors (Lipinski definition) is 12. The quantitative estimate of drug-likeness (QED) is 0.0354. The van der Waals surface area contributed by atoms with Gasteiger partial charge in [-0.15, -0.1) is 10.1 Å². The van der Waals surface area contributed by atoms with Gasteiger partial charge in [-0.05, 0) is 94.3 Å². The van der Waals surface area contributed by atoms with Crippen LogP contribution in [0.4, 0.5) is 28.4 Å². The molecule has 0 aromatic heterocycles. The van der Waals surface area contributed by atoms with Crippen molar-refractivity contribution in [2.24, 2.45) is 0 Å². The number of hydrogen-bond donors (Lipinski definition) is 6. The van der Waals surface area contributed by atoms with E-state index in [1.54, 1.807) is 18.2 Å². The number of carbonyl (C=O) groups is 2. The third kappa shape index (κ3) is 22.7. The van der Waals surface area contributed by atoms with Crippen LogP contribution in [0.5, 0.6) is 0 Å². The van der Waals surface area contributed by atoms with E-state index in [-0.39, 0.29) is 41.0 Å². The molecule has 6 N–H and O–H groups in total. The van der Waals surface area contributed by atoms with Crippen molar-refractivity contribution in [1.29, 1.82) is 0 Å². The predicted octanol–water partition coefficient (Wildman–Crippen LogP) is 8.02. The van der Waals surface area contributed by atoms with Crippen molar-refractivity contribution in [3.8, 4) is 0 Å². The van der Waals surface area contributed by atoms with E-state index in [4.69, 9.17) is 44.4 Å². The first-order valence-corrected chi connectivity index (χ1v) is 20.5. The molecule has 3 heterocycles. The number of non-ortho nitro benzene ring substituents is 2. The van der Waals surface area contributed by atoms with E-state index in [2.05, 4.69) is 55.7 Å². The molecule has 6 rings (SSSR count). The highest BCUT2D eigenvalue weighted by Gasteiger charge is 2.19. The summed E-state index contributed by atoms with van der Waals surface area (Å²) in [6.07, 6.45) is 4.06. The molecule has 3 aliphatic rings. The molecular formula is C28H33Cl4N6O14PS. The van der Waals surface area contributed by atoms with E-state index in [1.165, 1.54) is 23.8 Å². The van der Waals surface area contributed by atoms with Crippen molar-refractivity contribution < 1.29 is 51.8 Å². The lowest BCUT2D eigenvalue weighted by Crippen LogP contribution is -2.19. The predicted molar refractivity (Wildman–Crippen MR) is 203 cm³/mol. The number of nitrogens with one attached hydrogen (secondary N) is 3. The van der Waals surface area contributed by atoms with Crippen molar-refractivity contribution >= 4 is 101 Å². The molecule has 26 heteroatoms. The number of aryl methyl sites for hydroxylation is 3. The van der Waals surface area contributed by atoms with E-state index < -0.39 is 25.6 Å². The number of para-hydroxylation sites is 1. The van der Waals surface area contributed by atoms with Crippen molar-refractivity contribution in [3.05, 3.63) is 108 Å². The molecule has 0 saturated heterocycles. The van der Waals surface area contributed by atoms with Crippen molar-refractivity contribution in [2.75, 3.05) is 16.0 Å². The number of anilines is 3. The van der Waals surface area contributed by atoms with Gasteiger partial charge in [-0.25, -0.2) is 0 Å². The molecule has 54 heavy (non-hydrogen) atoms. The summed E-state index contributed by atoms with van der Waals surface area (Å²) in [6.45, 7) is 0. The van der Waals surface area contributed by atoms with Crippen LogP contribution in [-0.4, -0.2) is 55.0 Å². The summed E-state index contributed by atoms with van der Waals surface area (Å²) in [5.74, 6) is 0.0926. The van der Waals surface area contributed by atoms with E-state index in [0.717, 1.165) is 41.8 Å². The van der Waals surface area contributed by atoms with Gasteiger partial charge < -0.3 is 21.2 Å². The minimum Gasteiger partial charge on any atom is -0.369 e. The van der Waals surface area contributed by atoms with Crippen LogP contribution in [-0.2, 0) is 43.8 Å². The minimum atomic E-state index is -4.67. The maximum absolute atomic E-state index is 11.0. The zero-order valence-electron chi connectivity index (χ0n) is 26.6. The highest BCUT2D eigenvalue weighted by Crippen LogP contribution is 2.61. The van der Waals surface area contributed by atoms with Gasteiger partial charge in [0.2, 0.25) is 11.8 Å². The van der Waals surface area contributed by atoms with Crippen LogP contribution in [0.3, 0.4) is 0 Å². The Balaban J connectivity index is 0.000000664. The fraction of sp³-hybridized carbons (Fsp3) is 0.286. The lowest BCUT2D eigenvalue weighted by atomic mass is 10.0. The molecule has 3 aliphatic heterocycles. The minimum absolute atomic E-state index is 0. The smallest absolute Gasteiger partial charge is 0.369 e. The Morgan fingerprint density at radius 3 is 1.52 bits per heavy atom. The third-order valence-corrected chi connectivity index (χ3v) is 6.71. The van der Waals surface area contributed by atoms with Crippen LogP contribution >= 0.6 is 50.5 Å². The van der Waals surface area contributed by atoms with Crippen molar-refractivity contribution in [3.63, 3.8) is 0 Å². The van der Waals surface area contributed by atoms with Gasteiger partial charge in [0.15, 0.2) is 0 Å². The van der Waals surface area contributed by atoms with E-state index >= 15 is 0 Å². The second kappa shape index (κ2) is 23.4. The van der Waals surface area contributed by atoms with Crippen molar-refractivity contribution in [1.82, 2.24) is 0 Å². The molecular weight excluding hydrogens is 849 g/mol. The second-order valence-electron chi connectivity index (χ2n) is 10.2. The van der Waals surface area contributed by atoms with Gasteiger partial charge in [-0.3, -0.25) is 43.5 Å². The average molecular weight is 882 g/mol. The van der Waals surface area contributed by atoms with Crippen LogP contribution in [0.2, 0.25) is 0 Å². The first-order valence-electron chi connectivity index (χ1n) is 14.3. The average Bonchev–Trinajstić information content (AvgIpc) is 3.03. The fourth-order valence-electron chi connectivity index (χ4n) is 4.37. The Kier molecular flexibility index (Phi) is 21.6. The number of nitro benzene ring substituents is 2. The largest absolute Gasteiger partial charge is 0.394 e. The standard InChI is InChI=1S/C9H9ClN2O2.C9H8N2O3.C9H9NO.CH4.Cl3OP.HNO3.H2O4S/c10-9-4-1-6-5-7(12(13)14)2-3-8(6)11-9;12-9-4-1-6-5-7(11(13)14)2-3-8(6)10-9;11-9-6-5-7-3-1-2-4-8(7)10-9;;1-5(2,3)4;2-1(3)4;1-5(2,3)4/h2-3,5,9,11H,1,4H2;2-3,5H,1,4H2,(H,10,12);1-4H,5-6H2,(H,10,11);1H4;;(H,2,3,4);(H2,1,2,3,4). The number of alkyl halides is 1. The summed E-state index contributed by atoms with van der Waals surface area (Å²) in [5.41, 5.74) is 5.75. The first-order chi connectivity index (χ1) is 24.4. The SMILES string of the molecule is C.O=C1CCc2cc([N+](=O)[O-])ccc2N1.O=C1CCc2ccccc2N1.O=P(Cl)(Cl)Cl.O=S(=O)(O)O.O=[N+]([O-])O.O=[N+]([O-])c1ccc2c(c1)CCC(Cl)N2. The Morgan fingerprint density at radius 2 is 1.07 bits per heavy atom. The number of benzene rings is 3. The normalized spacial score (nSPS) is 14.6. The summed E-state index contributed by atoms with van der Waals surface area (Å²) >= 11 is 19.8. The van der Waals surface area contributed by atoms with Crippen LogP contribution < -0.4 is 16.0 Å². The molecule has 0 aliphatic carbocycles. The number of carbonyl (C=O) groups excluding carboxylic acids is 2. The third-order valence-electron chi connectivity index (χ3n) is 6.39. The van der Waals surface area contributed by atoms with Gasteiger partial charge in [0, 0.05) is 54.2 Å². The first kappa shape index (κ1) is 49.7. The van der Waals surface area contributed by atoms with E-state index in [0.29, 0.717) is 24.9 Å². The molecule has 298 valence electrons. The summed E-state index contributed by atoms with van der Waals surface area (Å²) in [4.78, 5) is 50.4. The summed E-state index contributed by atoms with van der Waals surface area (Å²) < 4.78 is 41.1. The number of amides is 2. The van der Waals surface area contributed by atoms with Crippen LogP contribution in [0, 0.1) is 30.3 Å². The second-order valence-corrected chi connectivity index (χ2v) is 18.2. The van der Waals surface area contributed by atoms with E-state index in [9.17, 15) is 34.4 Å². The highest BCUT2D eigenvalue weighted by atomic mass is 36.0. The Labute approximate surface area is 326 Å². The molecule has 0 saturated carbocycles. The summed E-state index contributed by atoms with van der Waals surface area (Å²) in [7, 11) is -4.67. The Hall–Kier alpha value is -4.34. The number of nitrogens with zero attached hydrogens (tertiary/aromatic N) is 3. The lowest BCUT2D eigenvalue weighted by molar-refractivity contribution is -0.742. The zero-order chi connectivity index (χ0) is 40.5. The van der Waals surface area contributed by atoms with Crippen LogP contribution in [0.1, 0.15) is 43.4 Å². The highest BCUT2D eigenvalue weighted by molar-refractivity contribution is 8.24. The molecule has 0 spiro atoms. The number of halogens is 4. The maximum atomic E-state index is 11.0. The number of rotatable bonds is 2. The summed E-state index contributed by atoms with van der Waals surface area (Å²) in [5, 5.41) is 40.0. The van der Waals surface area contributed by atoms with Gasteiger partial charge in [0.25, 0.3) is 16.5 Å². The molecule has 0 radical (unpaired) electrons. The molecule has 1 unspecified atom stereocenters. The lowest BCUT2D eigenvalue weighted by Gasteiger charge is -2.21. The van der Waals surface area contributed by atoms with Gasteiger partial charge >= 0.3 is 15.6 Å². The monoisotopic (exact) mass is 880 g/mol. The molecule has 0 bridgehead atoms. The Bertz CT molecular complexity index is 1940. The van der Waals surface area contributed by atoms with Gasteiger partial charge in [0.1, 0.15) is 5.50 Å².